The number of benzene rings is 2. The Morgan fingerprint density at radius 3 is 2.52 bits per heavy atom. The molecule has 1 N–H and O–H groups in total. The van der Waals surface area contributed by atoms with Crippen molar-refractivity contribution < 1.29 is 17.5 Å². The van der Waals surface area contributed by atoms with Gasteiger partial charge in [0.25, 0.3) is 10.0 Å². The van der Waals surface area contributed by atoms with Gasteiger partial charge >= 0.3 is 0 Å². The monoisotopic (exact) mass is 411 g/mol. The van der Waals surface area contributed by atoms with Gasteiger partial charge in [-0.05, 0) is 47.9 Å². The highest BCUT2D eigenvalue weighted by Crippen LogP contribution is 2.33. The first-order valence-corrected chi connectivity index (χ1v) is 10.2. The molecule has 29 heavy (non-hydrogen) atoms. The molecule has 1 aromatic heterocycles. The maximum atomic E-state index is 13.0. The second-order valence-corrected chi connectivity index (χ2v) is 8.21. The van der Waals surface area contributed by atoms with Crippen molar-refractivity contribution in [3.63, 3.8) is 0 Å². The molecule has 0 saturated carbocycles. The number of sulfonamides is 1. The second-order valence-electron chi connectivity index (χ2n) is 6.53. The molecule has 0 radical (unpaired) electrons. The molecule has 0 aliphatic heterocycles. The van der Waals surface area contributed by atoms with Crippen LogP contribution >= 0.6 is 0 Å². The number of para-hydroxylation sites is 1. The summed E-state index contributed by atoms with van der Waals surface area (Å²) in [7, 11) is -4.01. The van der Waals surface area contributed by atoms with Gasteiger partial charge in [-0.25, -0.2) is 17.8 Å². The molecule has 8 heteroatoms. The average molecular weight is 411 g/mol. The SMILES string of the molecule is CC(C)c1ccccc1Oc1ccc(S(=O)(=O)Nc2ccc(F)cn2)cc1C#N. The number of nitrogens with zero attached hydrogens (tertiary/aromatic N) is 2. The molecule has 0 saturated heterocycles. The minimum atomic E-state index is -4.01. The molecule has 0 aliphatic rings. The molecular formula is C21H18FN3O3S. The number of rotatable bonds is 6. The number of hydrogen-bond donors (Lipinski definition) is 1. The Kier molecular flexibility index (Phi) is 5.80. The van der Waals surface area contributed by atoms with Crippen LogP contribution in [0.1, 0.15) is 30.9 Å². The summed E-state index contributed by atoms with van der Waals surface area (Å²) < 4.78 is 46.2. The van der Waals surface area contributed by atoms with Crippen LogP contribution in [0.2, 0.25) is 0 Å². The summed E-state index contributed by atoms with van der Waals surface area (Å²) in [4.78, 5) is 3.54. The second kappa shape index (κ2) is 8.29. The highest BCUT2D eigenvalue weighted by molar-refractivity contribution is 7.92. The van der Waals surface area contributed by atoms with E-state index in [0.29, 0.717) is 5.75 Å². The minimum absolute atomic E-state index is 0.0314. The van der Waals surface area contributed by atoms with Crippen LogP contribution < -0.4 is 9.46 Å². The van der Waals surface area contributed by atoms with E-state index in [9.17, 15) is 18.1 Å². The van der Waals surface area contributed by atoms with E-state index in [1.165, 1.54) is 24.3 Å². The lowest BCUT2D eigenvalue weighted by Crippen LogP contribution is -2.14. The van der Waals surface area contributed by atoms with Crippen LogP contribution in [0.3, 0.4) is 0 Å². The van der Waals surface area contributed by atoms with Gasteiger partial charge in [0.1, 0.15) is 29.2 Å². The summed E-state index contributed by atoms with van der Waals surface area (Å²) in [6.45, 7) is 4.05. The Morgan fingerprint density at radius 1 is 1.10 bits per heavy atom. The third-order valence-electron chi connectivity index (χ3n) is 4.11. The van der Waals surface area contributed by atoms with Crippen LogP contribution in [0.15, 0.2) is 65.7 Å². The largest absolute Gasteiger partial charge is 0.456 e. The number of ether oxygens (including phenoxy) is 1. The molecule has 0 fully saturated rings. The summed E-state index contributed by atoms with van der Waals surface area (Å²) >= 11 is 0. The van der Waals surface area contributed by atoms with Crippen molar-refractivity contribution in [1.82, 2.24) is 4.98 Å². The van der Waals surface area contributed by atoms with Crippen molar-refractivity contribution in [1.29, 1.82) is 5.26 Å². The van der Waals surface area contributed by atoms with Gasteiger partial charge in [0.15, 0.2) is 0 Å². The molecule has 0 amide bonds. The summed E-state index contributed by atoms with van der Waals surface area (Å²) in [5.41, 5.74) is 1.04. The van der Waals surface area contributed by atoms with E-state index < -0.39 is 15.8 Å². The predicted octanol–water partition coefficient (Wildman–Crippen LogP) is 4.81. The Morgan fingerprint density at radius 2 is 1.86 bits per heavy atom. The Bertz CT molecular complexity index is 1170. The van der Waals surface area contributed by atoms with E-state index in [4.69, 9.17) is 4.74 Å². The van der Waals surface area contributed by atoms with Crippen LogP contribution in [-0.2, 0) is 10.0 Å². The number of halogens is 1. The maximum absolute atomic E-state index is 13.0. The summed E-state index contributed by atoms with van der Waals surface area (Å²) in [5.74, 6) is 0.450. The zero-order valence-electron chi connectivity index (χ0n) is 15.8. The predicted molar refractivity (Wildman–Crippen MR) is 107 cm³/mol. The third kappa shape index (κ3) is 4.70. The number of hydrogen-bond acceptors (Lipinski definition) is 5. The maximum Gasteiger partial charge on any atom is 0.263 e. The van der Waals surface area contributed by atoms with Crippen molar-refractivity contribution in [2.75, 3.05) is 4.72 Å². The van der Waals surface area contributed by atoms with Gasteiger partial charge in [-0.3, -0.25) is 4.72 Å². The quantitative estimate of drug-likeness (QED) is 0.628. The third-order valence-corrected chi connectivity index (χ3v) is 5.46. The molecule has 1 heterocycles. The molecule has 0 unspecified atom stereocenters. The molecule has 0 spiro atoms. The van der Waals surface area contributed by atoms with Crippen molar-refractivity contribution in [2.24, 2.45) is 0 Å². The molecule has 2 aromatic carbocycles. The number of anilines is 1. The van der Waals surface area contributed by atoms with E-state index in [0.717, 1.165) is 17.8 Å². The number of pyridine rings is 1. The normalized spacial score (nSPS) is 11.1. The van der Waals surface area contributed by atoms with E-state index >= 15 is 0 Å². The number of aromatic nitrogens is 1. The van der Waals surface area contributed by atoms with E-state index in [-0.39, 0.29) is 27.9 Å². The summed E-state index contributed by atoms with van der Waals surface area (Å²) in [6.07, 6.45) is 0.904. The zero-order chi connectivity index (χ0) is 21.0. The van der Waals surface area contributed by atoms with Gasteiger partial charge in [-0.15, -0.1) is 0 Å². The lowest BCUT2D eigenvalue weighted by Gasteiger charge is -2.15. The lowest BCUT2D eigenvalue weighted by molar-refractivity contribution is 0.471. The molecule has 0 atom stereocenters. The van der Waals surface area contributed by atoms with Crippen LogP contribution in [0.5, 0.6) is 11.5 Å². The highest BCUT2D eigenvalue weighted by Gasteiger charge is 2.18. The van der Waals surface area contributed by atoms with Crippen molar-refractivity contribution >= 4 is 15.8 Å². The van der Waals surface area contributed by atoms with Crippen molar-refractivity contribution in [2.45, 2.75) is 24.7 Å². The van der Waals surface area contributed by atoms with Crippen LogP contribution in [0.4, 0.5) is 10.2 Å². The van der Waals surface area contributed by atoms with Crippen LogP contribution in [-0.4, -0.2) is 13.4 Å². The molecule has 0 bridgehead atoms. The average Bonchev–Trinajstić information content (AvgIpc) is 2.70. The van der Waals surface area contributed by atoms with Crippen molar-refractivity contribution in [3.8, 4) is 17.6 Å². The van der Waals surface area contributed by atoms with Gasteiger partial charge in [0.2, 0.25) is 0 Å². The van der Waals surface area contributed by atoms with Gasteiger partial charge in [-0.2, -0.15) is 5.26 Å². The fraction of sp³-hybridized carbons (Fsp3) is 0.143. The van der Waals surface area contributed by atoms with E-state index in [1.54, 1.807) is 6.07 Å². The number of nitriles is 1. The molecule has 3 aromatic rings. The summed E-state index contributed by atoms with van der Waals surface area (Å²) in [6, 6.07) is 15.7. The van der Waals surface area contributed by atoms with E-state index in [2.05, 4.69) is 9.71 Å². The first kappa shape index (κ1) is 20.3. The standard InChI is InChI=1S/C21H18FN3O3S/c1-14(2)18-5-3-4-6-20(18)28-19-9-8-17(11-15(19)12-23)29(26,27)25-21-10-7-16(22)13-24-21/h3-11,13-14H,1-2H3,(H,24,25). The fourth-order valence-electron chi connectivity index (χ4n) is 2.65. The van der Waals surface area contributed by atoms with Gasteiger partial charge in [0, 0.05) is 0 Å². The van der Waals surface area contributed by atoms with Gasteiger partial charge in [-0.1, -0.05) is 32.0 Å². The van der Waals surface area contributed by atoms with Crippen LogP contribution in [0.25, 0.3) is 0 Å². The minimum Gasteiger partial charge on any atom is -0.456 e. The molecule has 0 aliphatic carbocycles. The summed E-state index contributed by atoms with van der Waals surface area (Å²) in [5, 5.41) is 9.49. The molecule has 3 rings (SSSR count). The van der Waals surface area contributed by atoms with Gasteiger partial charge < -0.3 is 4.74 Å². The zero-order valence-corrected chi connectivity index (χ0v) is 16.6. The Balaban J connectivity index is 1.91. The molecule has 6 nitrogen and oxygen atoms in total. The highest BCUT2D eigenvalue weighted by atomic mass is 32.2. The molecular weight excluding hydrogens is 393 g/mol. The van der Waals surface area contributed by atoms with Crippen molar-refractivity contribution in [3.05, 3.63) is 77.7 Å². The first-order chi connectivity index (χ1) is 13.8. The topological polar surface area (TPSA) is 92.1 Å². The Labute approximate surface area is 168 Å². The Hall–Kier alpha value is -3.44. The first-order valence-electron chi connectivity index (χ1n) is 8.75. The van der Waals surface area contributed by atoms with Gasteiger partial charge in [0.05, 0.1) is 16.7 Å². The van der Waals surface area contributed by atoms with E-state index in [1.807, 2.05) is 38.1 Å². The number of nitrogens with one attached hydrogen (secondary N) is 1. The smallest absolute Gasteiger partial charge is 0.263 e. The lowest BCUT2D eigenvalue weighted by atomic mass is 10.0. The van der Waals surface area contributed by atoms with Crippen LogP contribution in [0, 0.1) is 17.1 Å². The fourth-order valence-corrected chi connectivity index (χ4v) is 3.69. The molecule has 148 valence electrons.